The van der Waals surface area contributed by atoms with Crippen LogP contribution in [0.25, 0.3) is 10.6 Å². The molecule has 0 atom stereocenters. The Balaban J connectivity index is 1.68. The predicted octanol–water partition coefficient (Wildman–Crippen LogP) is 2.75. The lowest BCUT2D eigenvalue weighted by atomic mass is 10.1. The van der Waals surface area contributed by atoms with E-state index in [-0.39, 0.29) is 24.8 Å². The molecule has 0 spiro atoms. The van der Waals surface area contributed by atoms with E-state index in [2.05, 4.69) is 26.5 Å². The highest BCUT2D eigenvalue weighted by molar-refractivity contribution is 7.13. The SMILES string of the molecule is C#CCNC(=O)c1ccccc1NC(=O)Cc1csc(-c2cccnc2)n1. The molecule has 0 saturated carbocycles. The molecule has 0 radical (unpaired) electrons. The van der Waals surface area contributed by atoms with Gasteiger partial charge in [-0.1, -0.05) is 18.1 Å². The lowest BCUT2D eigenvalue weighted by Crippen LogP contribution is -2.25. The first-order valence-electron chi connectivity index (χ1n) is 8.12. The van der Waals surface area contributed by atoms with Gasteiger partial charge in [0, 0.05) is 23.3 Å². The highest BCUT2D eigenvalue weighted by atomic mass is 32.1. The number of nitrogens with one attached hydrogen (secondary N) is 2. The lowest BCUT2D eigenvalue weighted by Gasteiger charge is -2.10. The third-order valence-corrected chi connectivity index (χ3v) is 4.54. The van der Waals surface area contributed by atoms with Crippen LogP contribution in [0.1, 0.15) is 16.1 Å². The third-order valence-electron chi connectivity index (χ3n) is 3.60. The van der Waals surface area contributed by atoms with Gasteiger partial charge < -0.3 is 10.6 Å². The van der Waals surface area contributed by atoms with Gasteiger partial charge in [0.05, 0.1) is 29.9 Å². The summed E-state index contributed by atoms with van der Waals surface area (Å²) in [5.74, 6) is 1.76. The number of carbonyl (C=O) groups is 2. The molecule has 0 aliphatic carbocycles. The molecule has 0 aliphatic heterocycles. The maximum absolute atomic E-state index is 12.4. The highest BCUT2D eigenvalue weighted by Crippen LogP contribution is 2.23. The summed E-state index contributed by atoms with van der Waals surface area (Å²) in [5.41, 5.74) is 2.35. The molecule has 3 aromatic rings. The molecular weight excluding hydrogens is 360 g/mol. The molecule has 1 aromatic carbocycles. The monoisotopic (exact) mass is 376 g/mol. The Morgan fingerprint density at radius 3 is 2.81 bits per heavy atom. The number of aromatic nitrogens is 2. The van der Waals surface area contributed by atoms with Crippen molar-refractivity contribution in [1.29, 1.82) is 0 Å². The smallest absolute Gasteiger partial charge is 0.254 e. The van der Waals surface area contributed by atoms with Gasteiger partial charge in [-0.2, -0.15) is 0 Å². The Morgan fingerprint density at radius 2 is 2.04 bits per heavy atom. The van der Waals surface area contributed by atoms with E-state index in [1.807, 2.05) is 17.5 Å². The molecule has 2 aromatic heterocycles. The molecule has 27 heavy (non-hydrogen) atoms. The van der Waals surface area contributed by atoms with Gasteiger partial charge in [-0.15, -0.1) is 17.8 Å². The van der Waals surface area contributed by atoms with E-state index < -0.39 is 0 Å². The number of hydrogen-bond donors (Lipinski definition) is 2. The van der Waals surface area contributed by atoms with Gasteiger partial charge in [0.25, 0.3) is 5.91 Å². The van der Waals surface area contributed by atoms with Gasteiger partial charge in [0.2, 0.25) is 5.91 Å². The largest absolute Gasteiger partial charge is 0.341 e. The van der Waals surface area contributed by atoms with Crippen LogP contribution >= 0.6 is 11.3 Å². The van der Waals surface area contributed by atoms with Crippen molar-refractivity contribution in [3.63, 3.8) is 0 Å². The van der Waals surface area contributed by atoms with Gasteiger partial charge >= 0.3 is 0 Å². The third kappa shape index (κ3) is 4.77. The number of anilines is 1. The Kier molecular flexibility index (Phi) is 5.92. The summed E-state index contributed by atoms with van der Waals surface area (Å²) in [6.07, 6.45) is 8.69. The number of amides is 2. The molecule has 2 amide bonds. The molecule has 2 heterocycles. The van der Waals surface area contributed by atoms with E-state index in [4.69, 9.17) is 6.42 Å². The van der Waals surface area contributed by atoms with Gasteiger partial charge in [0.15, 0.2) is 0 Å². The first-order valence-corrected chi connectivity index (χ1v) is 9.00. The van der Waals surface area contributed by atoms with Crippen molar-refractivity contribution in [3.05, 3.63) is 65.4 Å². The van der Waals surface area contributed by atoms with E-state index in [0.29, 0.717) is 16.9 Å². The molecule has 0 unspecified atom stereocenters. The van der Waals surface area contributed by atoms with E-state index >= 15 is 0 Å². The molecule has 2 N–H and O–H groups in total. The number of carbonyl (C=O) groups excluding carboxylic acids is 2. The number of para-hydroxylation sites is 1. The summed E-state index contributed by atoms with van der Waals surface area (Å²) in [6.45, 7) is 0.122. The number of hydrogen-bond acceptors (Lipinski definition) is 5. The quantitative estimate of drug-likeness (QED) is 0.648. The second kappa shape index (κ2) is 8.74. The number of terminal acetylenes is 1. The minimum atomic E-state index is -0.337. The van der Waals surface area contributed by atoms with Crippen molar-refractivity contribution in [2.75, 3.05) is 11.9 Å². The second-order valence-electron chi connectivity index (χ2n) is 5.54. The van der Waals surface area contributed by atoms with Crippen LogP contribution in [0.5, 0.6) is 0 Å². The van der Waals surface area contributed by atoms with Crippen molar-refractivity contribution in [1.82, 2.24) is 15.3 Å². The number of rotatable bonds is 6. The van der Waals surface area contributed by atoms with Crippen LogP contribution in [-0.2, 0) is 11.2 Å². The van der Waals surface area contributed by atoms with Crippen molar-refractivity contribution >= 4 is 28.8 Å². The Bertz CT molecular complexity index is 992. The van der Waals surface area contributed by atoms with Crippen LogP contribution in [0.4, 0.5) is 5.69 Å². The summed E-state index contributed by atoms with van der Waals surface area (Å²) >= 11 is 1.45. The van der Waals surface area contributed by atoms with Crippen molar-refractivity contribution in [2.24, 2.45) is 0 Å². The molecular formula is C20H16N4O2S. The lowest BCUT2D eigenvalue weighted by molar-refractivity contribution is -0.115. The van der Waals surface area contributed by atoms with Crippen molar-refractivity contribution in [3.8, 4) is 22.9 Å². The molecule has 7 heteroatoms. The van der Waals surface area contributed by atoms with Gasteiger partial charge in [0.1, 0.15) is 5.01 Å². The average Bonchev–Trinajstić information content (AvgIpc) is 3.15. The highest BCUT2D eigenvalue weighted by Gasteiger charge is 2.14. The average molecular weight is 376 g/mol. The predicted molar refractivity (Wildman–Crippen MR) is 105 cm³/mol. The van der Waals surface area contributed by atoms with E-state index in [0.717, 1.165) is 10.6 Å². The maximum atomic E-state index is 12.4. The normalized spacial score (nSPS) is 10.0. The van der Waals surface area contributed by atoms with Crippen LogP contribution in [0.2, 0.25) is 0 Å². The molecule has 6 nitrogen and oxygen atoms in total. The van der Waals surface area contributed by atoms with E-state index in [9.17, 15) is 9.59 Å². The Labute approximate surface area is 160 Å². The van der Waals surface area contributed by atoms with Crippen LogP contribution in [0.3, 0.4) is 0 Å². The molecule has 0 fully saturated rings. The van der Waals surface area contributed by atoms with E-state index in [1.165, 1.54) is 11.3 Å². The van der Waals surface area contributed by atoms with Crippen molar-refractivity contribution in [2.45, 2.75) is 6.42 Å². The fourth-order valence-electron chi connectivity index (χ4n) is 2.39. The molecule has 3 rings (SSSR count). The summed E-state index contributed by atoms with van der Waals surface area (Å²) in [7, 11) is 0. The zero-order valence-electron chi connectivity index (χ0n) is 14.3. The van der Waals surface area contributed by atoms with Crippen molar-refractivity contribution < 1.29 is 9.59 Å². The summed E-state index contributed by atoms with van der Waals surface area (Å²) in [4.78, 5) is 33.1. The fourth-order valence-corrected chi connectivity index (χ4v) is 3.20. The zero-order chi connectivity index (χ0) is 19.1. The first-order chi connectivity index (χ1) is 13.2. The van der Waals surface area contributed by atoms with E-state index in [1.54, 1.807) is 36.7 Å². The Hall–Kier alpha value is -3.50. The molecule has 0 bridgehead atoms. The van der Waals surface area contributed by atoms with Crippen LogP contribution in [0.15, 0.2) is 54.2 Å². The summed E-state index contributed by atoms with van der Waals surface area (Å²) < 4.78 is 0. The minimum absolute atomic E-state index is 0.108. The van der Waals surface area contributed by atoms with Crippen LogP contribution in [0, 0.1) is 12.3 Å². The van der Waals surface area contributed by atoms with Crippen LogP contribution < -0.4 is 10.6 Å². The summed E-state index contributed by atoms with van der Waals surface area (Å²) in [5, 5.41) is 8.00. The Morgan fingerprint density at radius 1 is 1.19 bits per heavy atom. The molecule has 0 saturated heterocycles. The zero-order valence-corrected chi connectivity index (χ0v) is 15.1. The topological polar surface area (TPSA) is 84.0 Å². The maximum Gasteiger partial charge on any atom is 0.254 e. The number of pyridine rings is 1. The number of nitrogens with zero attached hydrogens (tertiary/aromatic N) is 2. The minimum Gasteiger partial charge on any atom is -0.341 e. The fraction of sp³-hybridized carbons (Fsp3) is 0.100. The molecule has 0 aliphatic rings. The first kappa shape index (κ1) is 18.3. The standard InChI is InChI=1S/C20H16N4O2S/c1-2-9-22-19(26)16-7-3-4-8-17(16)24-18(25)11-15-13-27-20(23-15)14-6-5-10-21-12-14/h1,3-8,10,12-13H,9,11H2,(H,22,26)(H,24,25). The second-order valence-corrected chi connectivity index (χ2v) is 6.40. The van der Waals surface area contributed by atoms with Gasteiger partial charge in [-0.05, 0) is 24.3 Å². The summed E-state index contributed by atoms with van der Waals surface area (Å²) in [6, 6.07) is 10.5. The molecule has 134 valence electrons. The number of thiazole rings is 1. The van der Waals surface area contributed by atoms with Gasteiger partial charge in [-0.25, -0.2) is 4.98 Å². The number of benzene rings is 1. The van der Waals surface area contributed by atoms with Gasteiger partial charge in [-0.3, -0.25) is 14.6 Å². The van der Waals surface area contributed by atoms with Crippen LogP contribution in [-0.4, -0.2) is 28.3 Å².